The van der Waals surface area contributed by atoms with Crippen LogP contribution in [0.25, 0.3) is 0 Å². The fourth-order valence-electron chi connectivity index (χ4n) is 1.80. The fourth-order valence-corrected chi connectivity index (χ4v) is 1.99. The second-order valence-corrected chi connectivity index (χ2v) is 4.47. The number of nitrogens with two attached hydrogens (primary N) is 1. The lowest BCUT2D eigenvalue weighted by molar-refractivity contribution is 0.414. The number of ether oxygens (including phenoxy) is 1. The van der Waals surface area contributed by atoms with E-state index in [1.54, 1.807) is 19.5 Å². The third kappa shape index (κ3) is 3.00. The predicted molar refractivity (Wildman–Crippen MR) is 72.9 cm³/mol. The van der Waals surface area contributed by atoms with Gasteiger partial charge in [0.15, 0.2) is 0 Å². The largest absolute Gasteiger partial charge is 0.495 e. The normalized spacial score (nSPS) is 12.2. The molecule has 0 aliphatic carbocycles. The number of rotatable bonds is 4. The van der Waals surface area contributed by atoms with Crippen LogP contribution in [0, 0.1) is 0 Å². The molecule has 0 radical (unpaired) electrons. The van der Waals surface area contributed by atoms with Crippen molar-refractivity contribution in [2.75, 3.05) is 7.11 Å². The Bertz CT molecular complexity index is 516. The molecule has 18 heavy (non-hydrogen) atoms. The highest BCUT2D eigenvalue weighted by molar-refractivity contribution is 6.32. The lowest BCUT2D eigenvalue weighted by Crippen LogP contribution is -2.13. The Balaban J connectivity index is 2.16. The molecule has 0 spiro atoms. The minimum Gasteiger partial charge on any atom is -0.495 e. The molecule has 0 amide bonds. The van der Waals surface area contributed by atoms with Crippen molar-refractivity contribution in [3.63, 3.8) is 0 Å². The molecule has 0 saturated carbocycles. The summed E-state index contributed by atoms with van der Waals surface area (Å²) in [6.45, 7) is 0. The third-order valence-electron chi connectivity index (χ3n) is 2.81. The fraction of sp³-hybridized carbons (Fsp3) is 0.214. The summed E-state index contributed by atoms with van der Waals surface area (Å²) in [4.78, 5) is 3.99. The van der Waals surface area contributed by atoms with E-state index in [1.807, 2.05) is 30.3 Å². The first-order valence-corrected chi connectivity index (χ1v) is 6.06. The van der Waals surface area contributed by atoms with E-state index in [2.05, 4.69) is 4.98 Å². The lowest BCUT2D eigenvalue weighted by Gasteiger charge is -2.14. The molecule has 1 atom stereocenters. The van der Waals surface area contributed by atoms with E-state index < -0.39 is 0 Å². The topological polar surface area (TPSA) is 48.1 Å². The molecule has 1 heterocycles. The molecule has 94 valence electrons. The molecule has 1 unspecified atom stereocenters. The van der Waals surface area contributed by atoms with Gasteiger partial charge in [-0.2, -0.15) is 0 Å². The van der Waals surface area contributed by atoms with Gasteiger partial charge in [0.1, 0.15) is 5.75 Å². The molecule has 0 aliphatic heterocycles. The average molecular weight is 263 g/mol. The van der Waals surface area contributed by atoms with Gasteiger partial charge in [0.2, 0.25) is 0 Å². The summed E-state index contributed by atoms with van der Waals surface area (Å²) in [5.41, 5.74) is 8.35. The first-order chi connectivity index (χ1) is 8.70. The SMILES string of the molecule is COc1cc(C(N)Cc2ccncc2)ccc1Cl. The minimum absolute atomic E-state index is 0.0847. The summed E-state index contributed by atoms with van der Waals surface area (Å²) < 4.78 is 5.19. The van der Waals surface area contributed by atoms with E-state index in [9.17, 15) is 0 Å². The van der Waals surface area contributed by atoms with Crippen LogP contribution >= 0.6 is 11.6 Å². The Morgan fingerprint density at radius 1 is 1.28 bits per heavy atom. The van der Waals surface area contributed by atoms with Crippen LogP contribution in [-0.4, -0.2) is 12.1 Å². The van der Waals surface area contributed by atoms with Crippen molar-refractivity contribution >= 4 is 11.6 Å². The number of aromatic nitrogens is 1. The van der Waals surface area contributed by atoms with Crippen LogP contribution < -0.4 is 10.5 Å². The number of pyridine rings is 1. The van der Waals surface area contributed by atoms with Gasteiger partial charge in [-0.3, -0.25) is 4.98 Å². The molecule has 0 saturated heterocycles. The molecule has 2 rings (SSSR count). The lowest BCUT2D eigenvalue weighted by atomic mass is 10.0. The van der Waals surface area contributed by atoms with Gasteiger partial charge in [-0.1, -0.05) is 17.7 Å². The molecular formula is C14H15ClN2O. The van der Waals surface area contributed by atoms with Gasteiger partial charge >= 0.3 is 0 Å². The molecule has 1 aromatic heterocycles. The second kappa shape index (κ2) is 5.85. The van der Waals surface area contributed by atoms with Crippen LogP contribution in [0.15, 0.2) is 42.7 Å². The second-order valence-electron chi connectivity index (χ2n) is 4.06. The zero-order valence-electron chi connectivity index (χ0n) is 10.1. The number of hydrogen-bond acceptors (Lipinski definition) is 3. The first-order valence-electron chi connectivity index (χ1n) is 5.68. The highest BCUT2D eigenvalue weighted by Crippen LogP contribution is 2.28. The van der Waals surface area contributed by atoms with E-state index in [1.165, 1.54) is 0 Å². The van der Waals surface area contributed by atoms with Gasteiger partial charge in [0.05, 0.1) is 12.1 Å². The maximum Gasteiger partial charge on any atom is 0.137 e. The number of nitrogens with zero attached hydrogens (tertiary/aromatic N) is 1. The van der Waals surface area contributed by atoms with Gasteiger partial charge in [-0.15, -0.1) is 0 Å². The molecule has 4 heteroatoms. The maximum absolute atomic E-state index is 6.18. The smallest absolute Gasteiger partial charge is 0.137 e. The summed E-state index contributed by atoms with van der Waals surface area (Å²) in [6, 6.07) is 9.46. The van der Waals surface area contributed by atoms with E-state index in [-0.39, 0.29) is 6.04 Å². The zero-order chi connectivity index (χ0) is 13.0. The monoisotopic (exact) mass is 262 g/mol. The number of methoxy groups -OCH3 is 1. The maximum atomic E-state index is 6.18. The van der Waals surface area contributed by atoms with Crippen LogP contribution in [0.3, 0.4) is 0 Å². The van der Waals surface area contributed by atoms with Crippen molar-refractivity contribution < 1.29 is 4.74 Å². The molecule has 2 aromatic rings. The molecule has 2 N–H and O–H groups in total. The molecule has 0 aliphatic rings. The summed E-state index contributed by atoms with van der Waals surface area (Å²) in [5.74, 6) is 0.652. The van der Waals surface area contributed by atoms with Gasteiger partial charge < -0.3 is 10.5 Å². The summed E-state index contributed by atoms with van der Waals surface area (Å²) in [5, 5.41) is 0.595. The first kappa shape index (κ1) is 12.9. The average Bonchev–Trinajstić information content (AvgIpc) is 2.40. The van der Waals surface area contributed by atoms with Crippen molar-refractivity contribution in [3.05, 3.63) is 58.9 Å². The van der Waals surface area contributed by atoms with E-state index in [0.29, 0.717) is 10.8 Å². The molecule has 0 bridgehead atoms. The summed E-state index contributed by atoms with van der Waals surface area (Å²) in [7, 11) is 1.60. The number of benzene rings is 1. The van der Waals surface area contributed by atoms with Crippen molar-refractivity contribution in [2.24, 2.45) is 5.73 Å². The zero-order valence-corrected chi connectivity index (χ0v) is 10.9. The van der Waals surface area contributed by atoms with Crippen molar-refractivity contribution in [2.45, 2.75) is 12.5 Å². The van der Waals surface area contributed by atoms with Crippen LogP contribution in [0.2, 0.25) is 5.02 Å². The van der Waals surface area contributed by atoms with Crippen molar-refractivity contribution in [1.29, 1.82) is 0 Å². The van der Waals surface area contributed by atoms with Crippen LogP contribution in [-0.2, 0) is 6.42 Å². The van der Waals surface area contributed by atoms with E-state index >= 15 is 0 Å². The minimum atomic E-state index is -0.0847. The van der Waals surface area contributed by atoms with Gasteiger partial charge in [0.25, 0.3) is 0 Å². The van der Waals surface area contributed by atoms with Crippen LogP contribution in [0.1, 0.15) is 17.2 Å². The summed E-state index contributed by atoms with van der Waals surface area (Å²) >= 11 is 5.99. The van der Waals surface area contributed by atoms with Crippen LogP contribution in [0.4, 0.5) is 0 Å². The molecule has 1 aromatic carbocycles. The Kier molecular flexibility index (Phi) is 4.18. The molecular weight excluding hydrogens is 248 g/mol. The summed E-state index contributed by atoms with van der Waals surface area (Å²) in [6.07, 6.45) is 4.29. The van der Waals surface area contributed by atoms with Gasteiger partial charge in [-0.25, -0.2) is 0 Å². The van der Waals surface area contributed by atoms with Crippen molar-refractivity contribution in [3.8, 4) is 5.75 Å². The van der Waals surface area contributed by atoms with E-state index in [4.69, 9.17) is 22.1 Å². The number of hydrogen-bond donors (Lipinski definition) is 1. The quantitative estimate of drug-likeness (QED) is 0.922. The standard InChI is InChI=1S/C14H15ClN2O/c1-18-14-9-11(2-3-12(14)15)13(16)8-10-4-6-17-7-5-10/h2-7,9,13H,8,16H2,1H3. The van der Waals surface area contributed by atoms with Gasteiger partial charge in [-0.05, 0) is 41.8 Å². The Hall–Kier alpha value is -1.58. The molecule has 0 fully saturated rings. The highest BCUT2D eigenvalue weighted by atomic mass is 35.5. The van der Waals surface area contributed by atoms with Crippen molar-refractivity contribution in [1.82, 2.24) is 4.98 Å². The van der Waals surface area contributed by atoms with Gasteiger partial charge in [0, 0.05) is 18.4 Å². The number of halogens is 1. The van der Waals surface area contributed by atoms with Crippen LogP contribution in [0.5, 0.6) is 5.75 Å². The third-order valence-corrected chi connectivity index (χ3v) is 3.12. The Labute approximate surface area is 112 Å². The van der Waals surface area contributed by atoms with E-state index in [0.717, 1.165) is 17.5 Å². The highest BCUT2D eigenvalue weighted by Gasteiger charge is 2.10. The Morgan fingerprint density at radius 2 is 2.00 bits per heavy atom. The Morgan fingerprint density at radius 3 is 2.67 bits per heavy atom. The predicted octanol–water partition coefficient (Wildman–Crippen LogP) is 2.99. The molecule has 3 nitrogen and oxygen atoms in total.